The summed E-state index contributed by atoms with van der Waals surface area (Å²) in [7, 11) is 0. The van der Waals surface area contributed by atoms with E-state index in [0.29, 0.717) is 0 Å². The van der Waals surface area contributed by atoms with E-state index in [1.54, 1.807) is 11.3 Å². The molecule has 1 aromatic heterocycles. The summed E-state index contributed by atoms with van der Waals surface area (Å²) in [5.74, 6) is 0. The fourth-order valence-corrected chi connectivity index (χ4v) is 2.73. The highest BCUT2D eigenvalue weighted by atomic mass is 32.1. The Balaban J connectivity index is 2.04. The summed E-state index contributed by atoms with van der Waals surface area (Å²) in [6.07, 6.45) is 4.88. The van der Waals surface area contributed by atoms with Crippen LogP contribution in [0.2, 0.25) is 0 Å². The second kappa shape index (κ2) is 6.50. The van der Waals surface area contributed by atoms with E-state index in [9.17, 15) is 0 Å². The van der Waals surface area contributed by atoms with Crippen LogP contribution in [-0.4, -0.2) is 4.98 Å². The Morgan fingerprint density at radius 3 is 2.72 bits per heavy atom. The minimum atomic E-state index is 1.02. The van der Waals surface area contributed by atoms with Gasteiger partial charge in [-0.25, -0.2) is 4.98 Å². The molecular formula is C16H19NS. The molecule has 18 heavy (non-hydrogen) atoms. The summed E-state index contributed by atoms with van der Waals surface area (Å²) in [5, 5.41) is 3.35. The zero-order valence-electron chi connectivity index (χ0n) is 10.9. The summed E-state index contributed by atoms with van der Waals surface area (Å²) in [6, 6.07) is 10.3. The molecule has 0 atom stereocenters. The molecule has 1 nitrogen and oxygen atoms in total. The maximum atomic E-state index is 4.68. The van der Waals surface area contributed by atoms with Crippen molar-refractivity contribution >= 4 is 16.9 Å². The molecule has 0 aliphatic heterocycles. The average Bonchev–Trinajstić information content (AvgIpc) is 2.88. The van der Waals surface area contributed by atoms with E-state index in [1.807, 2.05) is 18.2 Å². The van der Waals surface area contributed by atoms with Crippen molar-refractivity contribution in [1.29, 1.82) is 0 Å². The number of nitrogens with zero attached hydrogens (tertiary/aromatic N) is 1. The molecule has 0 N–H and O–H groups in total. The maximum absolute atomic E-state index is 4.68. The topological polar surface area (TPSA) is 12.9 Å². The predicted molar refractivity (Wildman–Crippen MR) is 79.9 cm³/mol. The van der Waals surface area contributed by atoms with Gasteiger partial charge in [0.2, 0.25) is 0 Å². The van der Waals surface area contributed by atoms with E-state index < -0.39 is 0 Å². The van der Waals surface area contributed by atoms with Crippen molar-refractivity contribution in [2.45, 2.75) is 32.6 Å². The van der Waals surface area contributed by atoms with Gasteiger partial charge in [0.05, 0.1) is 10.7 Å². The van der Waals surface area contributed by atoms with Crippen LogP contribution in [0.1, 0.15) is 42.5 Å². The number of hydrogen-bond acceptors (Lipinski definition) is 2. The van der Waals surface area contributed by atoms with Gasteiger partial charge in [0, 0.05) is 11.0 Å². The zero-order chi connectivity index (χ0) is 12.8. The first-order chi connectivity index (χ1) is 8.81. The highest BCUT2D eigenvalue weighted by Crippen LogP contribution is 2.23. The Morgan fingerprint density at radius 2 is 2.00 bits per heavy atom. The molecule has 0 fully saturated rings. The van der Waals surface area contributed by atoms with E-state index >= 15 is 0 Å². The van der Waals surface area contributed by atoms with Crippen LogP contribution < -0.4 is 0 Å². The van der Waals surface area contributed by atoms with Crippen LogP contribution in [-0.2, 0) is 6.42 Å². The first-order valence-electron chi connectivity index (χ1n) is 6.50. The molecule has 0 spiro atoms. The largest absolute Gasteiger partial charge is 0.241 e. The lowest BCUT2D eigenvalue weighted by molar-refractivity contribution is 0.714. The van der Waals surface area contributed by atoms with Crippen molar-refractivity contribution in [2.75, 3.05) is 0 Å². The molecule has 2 heteroatoms. The second-order valence-electron chi connectivity index (χ2n) is 4.43. The molecule has 2 aromatic rings. The van der Waals surface area contributed by atoms with Gasteiger partial charge in [-0.05, 0) is 18.4 Å². The molecule has 0 unspecified atom stereocenters. The van der Waals surface area contributed by atoms with Crippen LogP contribution in [0, 0.1) is 0 Å². The maximum Gasteiger partial charge on any atom is 0.0932 e. The zero-order valence-corrected chi connectivity index (χ0v) is 11.7. The van der Waals surface area contributed by atoms with E-state index in [1.165, 1.54) is 24.3 Å². The summed E-state index contributed by atoms with van der Waals surface area (Å²) < 4.78 is 0. The summed E-state index contributed by atoms with van der Waals surface area (Å²) >= 11 is 1.75. The van der Waals surface area contributed by atoms with Crippen molar-refractivity contribution in [3.8, 4) is 0 Å². The van der Waals surface area contributed by atoms with Gasteiger partial charge >= 0.3 is 0 Å². The van der Waals surface area contributed by atoms with Crippen LogP contribution in [0.15, 0.2) is 42.3 Å². The van der Waals surface area contributed by atoms with Crippen LogP contribution >= 0.6 is 11.3 Å². The Bertz CT molecular complexity index is 499. The molecule has 1 heterocycles. The fraction of sp³-hybridized carbons (Fsp3) is 0.312. The summed E-state index contributed by atoms with van der Waals surface area (Å²) in [6.45, 7) is 6.38. The van der Waals surface area contributed by atoms with Crippen molar-refractivity contribution in [1.82, 2.24) is 4.98 Å². The van der Waals surface area contributed by atoms with Gasteiger partial charge in [-0.1, -0.05) is 56.7 Å². The standard InChI is InChI=1S/C16H19NS/c1-3-4-6-11-16-17-15(12-18-16)13(2)14-9-7-5-8-10-14/h5,7-10,12H,2-4,6,11H2,1H3. The SMILES string of the molecule is C=C(c1ccccc1)c1csc(CCCCC)n1. The van der Waals surface area contributed by atoms with Crippen molar-refractivity contribution in [3.63, 3.8) is 0 Å². The summed E-state index contributed by atoms with van der Waals surface area (Å²) in [5.41, 5.74) is 3.20. The van der Waals surface area contributed by atoms with Crippen molar-refractivity contribution < 1.29 is 0 Å². The van der Waals surface area contributed by atoms with Crippen molar-refractivity contribution in [2.24, 2.45) is 0 Å². The second-order valence-corrected chi connectivity index (χ2v) is 5.37. The van der Waals surface area contributed by atoms with E-state index in [2.05, 4.69) is 36.0 Å². The van der Waals surface area contributed by atoms with E-state index in [-0.39, 0.29) is 0 Å². The Morgan fingerprint density at radius 1 is 1.22 bits per heavy atom. The highest BCUT2D eigenvalue weighted by molar-refractivity contribution is 7.09. The molecule has 0 bridgehead atoms. The Hall–Kier alpha value is -1.41. The number of thiazole rings is 1. The average molecular weight is 257 g/mol. The first-order valence-corrected chi connectivity index (χ1v) is 7.38. The molecular weight excluding hydrogens is 238 g/mol. The summed E-state index contributed by atoms with van der Waals surface area (Å²) in [4.78, 5) is 4.68. The van der Waals surface area contributed by atoms with Crippen LogP contribution in [0.25, 0.3) is 5.57 Å². The quantitative estimate of drug-likeness (QED) is 0.668. The number of aromatic nitrogens is 1. The third-order valence-electron chi connectivity index (χ3n) is 2.98. The van der Waals surface area contributed by atoms with Crippen LogP contribution in [0.3, 0.4) is 0 Å². The lowest BCUT2D eigenvalue weighted by Gasteiger charge is -2.01. The molecule has 2 rings (SSSR count). The molecule has 1 aromatic carbocycles. The highest BCUT2D eigenvalue weighted by Gasteiger charge is 2.06. The number of unbranched alkanes of at least 4 members (excludes halogenated alkanes) is 2. The van der Waals surface area contributed by atoms with Gasteiger partial charge in [0.25, 0.3) is 0 Å². The lowest BCUT2D eigenvalue weighted by atomic mass is 10.1. The monoisotopic (exact) mass is 257 g/mol. The number of rotatable bonds is 6. The number of hydrogen-bond donors (Lipinski definition) is 0. The Kier molecular flexibility index (Phi) is 4.71. The molecule has 0 saturated heterocycles. The molecule has 0 aliphatic carbocycles. The van der Waals surface area contributed by atoms with E-state index in [0.717, 1.165) is 23.3 Å². The third-order valence-corrected chi connectivity index (χ3v) is 3.89. The Labute approximate surface area is 113 Å². The van der Waals surface area contributed by atoms with Gasteiger partial charge in [0.15, 0.2) is 0 Å². The van der Waals surface area contributed by atoms with Crippen molar-refractivity contribution in [3.05, 3.63) is 58.6 Å². The number of benzene rings is 1. The minimum absolute atomic E-state index is 1.02. The fourth-order valence-electron chi connectivity index (χ4n) is 1.88. The molecule has 0 saturated carbocycles. The van der Waals surface area contributed by atoms with Gasteiger partial charge in [0.1, 0.15) is 0 Å². The first kappa shape index (κ1) is 13.0. The normalized spacial score (nSPS) is 10.5. The van der Waals surface area contributed by atoms with Crippen LogP contribution in [0.5, 0.6) is 0 Å². The predicted octanol–water partition coefficient (Wildman–Crippen LogP) is 4.94. The van der Waals surface area contributed by atoms with Gasteiger partial charge in [-0.3, -0.25) is 0 Å². The van der Waals surface area contributed by atoms with Gasteiger partial charge in [-0.2, -0.15) is 0 Å². The van der Waals surface area contributed by atoms with Gasteiger partial charge < -0.3 is 0 Å². The van der Waals surface area contributed by atoms with Gasteiger partial charge in [-0.15, -0.1) is 11.3 Å². The third kappa shape index (κ3) is 3.30. The van der Waals surface area contributed by atoms with E-state index in [4.69, 9.17) is 0 Å². The minimum Gasteiger partial charge on any atom is -0.241 e. The smallest absolute Gasteiger partial charge is 0.0932 e. The van der Waals surface area contributed by atoms with Crippen LogP contribution in [0.4, 0.5) is 0 Å². The molecule has 0 radical (unpaired) electrons. The molecule has 94 valence electrons. The molecule has 0 amide bonds. The number of aryl methyl sites for hydroxylation is 1. The molecule has 0 aliphatic rings. The lowest BCUT2D eigenvalue weighted by Crippen LogP contribution is -1.88.